The molecule has 1 fully saturated rings. The van der Waals surface area contributed by atoms with Crippen molar-refractivity contribution >= 4 is 5.84 Å². The van der Waals surface area contributed by atoms with E-state index >= 15 is 0 Å². The molecular formula is C15H23N3O2. The van der Waals surface area contributed by atoms with E-state index in [1.165, 1.54) is 19.3 Å². The number of hydrogen-bond donors (Lipinski definition) is 3. The predicted octanol–water partition coefficient (Wildman–Crippen LogP) is 1.94. The third kappa shape index (κ3) is 3.87. The number of nitrogens with one attached hydrogen (secondary N) is 1. The molecule has 1 saturated carbocycles. The van der Waals surface area contributed by atoms with Gasteiger partial charge in [0.2, 0.25) is 0 Å². The maximum Gasteiger partial charge on any atom is 0.170 e. The van der Waals surface area contributed by atoms with Crippen molar-refractivity contribution in [3.05, 3.63) is 29.8 Å². The lowest BCUT2D eigenvalue weighted by molar-refractivity contribution is 0.226. The average molecular weight is 277 g/mol. The summed E-state index contributed by atoms with van der Waals surface area (Å²) in [5, 5.41) is 15.0. The van der Waals surface area contributed by atoms with Crippen LogP contribution in [0.2, 0.25) is 0 Å². The van der Waals surface area contributed by atoms with Gasteiger partial charge in [-0.3, -0.25) is 0 Å². The third-order valence-corrected chi connectivity index (χ3v) is 3.95. The average Bonchev–Trinajstić information content (AvgIpc) is 2.41. The highest BCUT2D eigenvalue weighted by molar-refractivity contribution is 5.97. The molecule has 1 aromatic carbocycles. The van der Waals surface area contributed by atoms with Gasteiger partial charge in [-0.05, 0) is 49.9 Å². The number of hydrogen-bond acceptors (Lipinski definition) is 4. The quantitative estimate of drug-likeness (QED) is 0.234. The minimum absolute atomic E-state index is 0.104. The van der Waals surface area contributed by atoms with E-state index in [4.69, 9.17) is 15.7 Å². The topological polar surface area (TPSA) is 79.9 Å². The van der Waals surface area contributed by atoms with Crippen LogP contribution < -0.4 is 15.8 Å². The van der Waals surface area contributed by atoms with Crippen LogP contribution in [0.5, 0.6) is 5.75 Å². The first-order valence-corrected chi connectivity index (χ1v) is 7.15. The van der Waals surface area contributed by atoms with Gasteiger partial charge < -0.3 is 21.0 Å². The molecular weight excluding hydrogens is 254 g/mol. The van der Waals surface area contributed by atoms with E-state index < -0.39 is 0 Å². The number of amidine groups is 1. The molecule has 2 rings (SSSR count). The van der Waals surface area contributed by atoms with E-state index in [1.54, 1.807) is 12.1 Å². The van der Waals surface area contributed by atoms with Gasteiger partial charge in [-0.2, -0.15) is 0 Å². The Morgan fingerprint density at radius 2 is 2.15 bits per heavy atom. The maximum absolute atomic E-state index is 8.58. The zero-order chi connectivity index (χ0) is 14.4. The summed E-state index contributed by atoms with van der Waals surface area (Å²) in [6.45, 7) is 3.73. The van der Waals surface area contributed by atoms with Gasteiger partial charge in [0.15, 0.2) is 5.84 Å². The van der Waals surface area contributed by atoms with Crippen molar-refractivity contribution < 1.29 is 9.94 Å². The Morgan fingerprint density at radius 1 is 1.45 bits per heavy atom. The second-order valence-corrected chi connectivity index (χ2v) is 5.29. The molecule has 0 heterocycles. The van der Waals surface area contributed by atoms with Crippen LogP contribution in [0.25, 0.3) is 0 Å². The Morgan fingerprint density at radius 3 is 2.70 bits per heavy atom. The lowest BCUT2D eigenvalue weighted by Gasteiger charge is -2.32. The maximum atomic E-state index is 8.58. The number of benzene rings is 1. The Labute approximate surface area is 119 Å². The molecule has 0 radical (unpaired) electrons. The standard InChI is InChI=1S/C15H23N3O2/c1-11(12-3-2-4-12)17-9-10-20-14-7-5-13(6-8-14)15(16)18-19/h5-8,11-12,17,19H,2-4,9-10H2,1H3,(H2,16,18). The summed E-state index contributed by atoms with van der Waals surface area (Å²) in [7, 11) is 0. The van der Waals surface area contributed by atoms with E-state index in [1.807, 2.05) is 12.1 Å². The van der Waals surface area contributed by atoms with Gasteiger partial charge in [0.25, 0.3) is 0 Å². The molecule has 1 aromatic rings. The van der Waals surface area contributed by atoms with Crippen molar-refractivity contribution in [2.45, 2.75) is 32.2 Å². The number of nitrogens with two attached hydrogens (primary N) is 1. The smallest absolute Gasteiger partial charge is 0.170 e. The first-order valence-electron chi connectivity index (χ1n) is 7.15. The fourth-order valence-corrected chi connectivity index (χ4v) is 2.34. The first kappa shape index (κ1) is 14.7. The number of rotatable bonds is 7. The highest BCUT2D eigenvalue weighted by Gasteiger charge is 2.22. The Balaban J connectivity index is 1.68. The van der Waals surface area contributed by atoms with Gasteiger partial charge in [-0.15, -0.1) is 0 Å². The molecule has 0 bridgehead atoms. The molecule has 1 aliphatic rings. The molecule has 5 heteroatoms. The summed E-state index contributed by atoms with van der Waals surface area (Å²) in [6.07, 6.45) is 4.08. The van der Waals surface area contributed by atoms with Crippen molar-refractivity contribution in [1.29, 1.82) is 0 Å². The van der Waals surface area contributed by atoms with Crippen molar-refractivity contribution in [2.75, 3.05) is 13.2 Å². The van der Waals surface area contributed by atoms with Crippen LogP contribution in [0.4, 0.5) is 0 Å². The largest absolute Gasteiger partial charge is 0.492 e. The van der Waals surface area contributed by atoms with Crippen LogP contribution in [0.3, 0.4) is 0 Å². The van der Waals surface area contributed by atoms with E-state index in [9.17, 15) is 0 Å². The van der Waals surface area contributed by atoms with Crippen LogP contribution in [-0.2, 0) is 0 Å². The fourth-order valence-electron chi connectivity index (χ4n) is 2.34. The summed E-state index contributed by atoms with van der Waals surface area (Å²) in [5.74, 6) is 1.74. The highest BCUT2D eigenvalue weighted by Crippen LogP contribution is 2.29. The molecule has 1 atom stereocenters. The van der Waals surface area contributed by atoms with Crippen LogP contribution in [-0.4, -0.2) is 30.2 Å². The Hall–Kier alpha value is -1.75. The minimum Gasteiger partial charge on any atom is -0.492 e. The van der Waals surface area contributed by atoms with E-state index in [-0.39, 0.29) is 5.84 Å². The van der Waals surface area contributed by atoms with E-state index in [0.29, 0.717) is 18.2 Å². The molecule has 0 aromatic heterocycles. The van der Waals surface area contributed by atoms with E-state index in [0.717, 1.165) is 18.2 Å². The van der Waals surface area contributed by atoms with Crippen molar-refractivity contribution in [3.63, 3.8) is 0 Å². The minimum atomic E-state index is 0.104. The first-order chi connectivity index (χ1) is 9.70. The fraction of sp³-hybridized carbons (Fsp3) is 0.533. The van der Waals surface area contributed by atoms with Crippen molar-refractivity contribution in [1.82, 2.24) is 5.32 Å². The number of ether oxygens (including phenoxy) is 1. The van der Waals surface area contributed by atoms with Crippen LogP contribution in [0, 0.1) is 5.92 Å². The summed E-state index contributed by atoms with van der Waals surface area (Å²) >= 11 is 0. The predicted molar refractivity (Wildman–Crippen MR) is 79.3 cm³/mol. The van der Waals surface area contributed by atoms with Crippen LogP contribution in [0.15, 0.2) is 29.4 Å². The second-order valence-electron chi connectivity index (χ2n) is 5.29. The molecule has 20 heavy (non-hydrogen) atoms. The number of oxime groups is 1. The molecule has 0 amide bonds. The zero-order valence-electron chi connectivity index (χ0n) is 11.9. The van der Waals surface area contributed by atoms with Crippen LogP contribution in [0.1, 0.15) is 31.7 Å². The monoisotopic (exact) mass is 277 g/mol. The van der Waals surface area contributed by atoms with Gasteiger partial charge in [-0.25, -0.2) is 0 Å². The lowest BCUT2D eigenvalue weighted by Crippen LogP contribution is -2.39. The molecule has 1 unspecified atom stereocenters. The van der Waals surface area contributed by atoms with Crippen molar-refractivity contribution in [2.24, 2.45) is 16.8 Å². The molecule has 1 aliphatic carbocycles. The lowest BCUT2D eigenvalue weighted by atomic mass is 9.80. The molecule has 5 nitrogen and oxygen atoms in total. The van der Waals surface area contributed by atoms with Gasteiger partial charge in [0, 0.05) is 18.2 Å². The third-order valence-electron chi connectivity index (χ3n) is 3.95. The SMILES string of the molecule is CC(NCCOc1ccc(/C(N)=N/O)cc1)C1CCC1. The summed E-state index contributed by atoms with van der Waals surface area (Å²) in [4.78, 5) is 0. The van der Waals surface area contributed by atoms with Gasteiger partial charge in [0.05, 0.1) is 0 Å². The molecule has 110 valence electrons. The summed E-state index contributed by atoms with van der Waals surface area (Å²) in [6, 6.07) is 7.77. The highest BCUT2D eigenvalue weighted by atomic mass is 16.5. The Bertz CT molecular complexity index is 441. The van der Waals surface area contributed by atoms with Gasteiger partial charge in [-0.1, -0.05) is 11.6 Å². The second kappa shape index (κ2) is 7.14. The molecule has 0 saturated heterocycles. The molecule has 0 aliphatic heterocycles. The Kier molecular flexibility index (Phi) is 5.24. The molecule has 0 spiro atoms. The zero-order valence-corrected chi connectivity index (χ0v) is 11.9. The van der Waals surface area contributed by atoms with Gasteiger partial charge >= 0.3 is 0 Å². The molecule has 4 N–H and O–H groups in total. The normalized spacial score (nSPS) is 17.6. The van der Waals surface area contributed by atoms with Crippen molar-refractivity contribution in [3.8, 4) is 5.75 Å². The van der Waals surface area contributed by atoms with Gasteiger partial charge in [0.1, 0.15) is 12.4 Å². The summed E-state index contributed by atoms with van der Waals surface area (Å²) in [5.41, 5.74) is 6.17. The van der Waals surface area contributed by atoms with E-state index in [2.05, 4.69) is 17.4 Å². The summed E-state index contributed by atoms with van der Waals surface area (Å²) < 4.78 is 5.65. The number of nitrogens with zero attached hydrogens (tertiary/aromatic N) is 1. The van der Waals surface area contributed by atoms with Crippen LogP contribution >= 0.6 is 0 Å².